The standard InChI is InChI=1S/C25H32BN3O5Si/c1-27-25(19-6-8-20(26)9-7-19,24(33)29(16-30)17-34-11-12-35(2,3)4)15-28-14-18-5-10-21(31)13-22(18)23(28)32/h5-10,13,16,27,31H,11-12,14-15,17H2,1-4H3/t25-/m0/s1. The van der Waals surface area contributed by atoms with E-state index in [4.69, 9.17) is 12.6 Å². The minimum atomic E-state index is -1.43. The molecule has 0 aliphatic carbocycles. The maximum atomic E-state index is 13.9. The second-order valence-electron chi connectivity index (χ2n) is 10.0. The molecule has 2 aromatic carbocycles. The van der Waals surface area contributed by atoms with Crippen molar-refractivity contribution in [1.29, 1.82) is 0 Å². The van der Waals surface area contributed by atoms with E-state index in [1.807, 2.05) is 0 Å². The summed E-state index contributed by atoms with van der Waals surface area (Å²) in [6.45, 7) is 7.15. The normalized spacial score (nSPS) is 15.0. The molecule has 0 spiro atoms. The zero-order valence-electron chi connectivity index (χ0n) is 20.7. The third kappa shape index (κ3) is 6.01. The Balaban J connectivity index is 1.91. The Bertz CT molecular complexity index is 1090. The van der Waals surface area contributed by atoms with E-state index in [1.54, 1.807) is 37.4 Å². The molecule has 0 unspecified atom stereocenters. The SMILES string of the molecule is [B]c1ccc([C@](CN2Cc3ccc(O)cc3C2=O)(NC)C(=O)N(C=O)COCC[Si](C)(C)C)cc1. The van der Waals surface area contributed by atoms with Gasteiger partial charge in [-0.05, 0) is 36.4 Å². The third-order valence-electron chi connectivity index (χ3n) is 6.21. The van der Waals surface area contributed by atoms with Gasteiger partial charge in [-0.15, -0.1) is 0 Å². The molecule has 8 nitrogen and oxygen atoms in total. The predicted octanol–water partition coefficient (Wildman–Crippen LogP) is 1.55. The van der Waals surface area contributed by atoms with Gasteiger partial charge in [-0.1, -0.05) is 55.4 Å². The molecule has 2 N–H and O–H groups in total. The van der Waals surface area contributed by atoms with Crippen molar-refractivity contribution in [3.8, 4) is 5.75 Å². The maximum Gasteiger partial charge on any atom is 0.257 e. The van der Waals surface area contributed by atoms with Crippen molar-refractivity contribution in [3.63, 3.8) is 0 Å². The topological polar surface area (TPSA) is 99.2 Å². The summed E-state index contributed by atoms with van der Waals surface area (Å²) in [5, 5.41) is 12.9. The number of benzene rings is 2. The minimum absolute atomic E-state index is 0.00367. The Kier molecular flexibility index (Phi) is 8.19. The highest BCUT2D eigenvalue weighted by Gasteiger charge is 2.45. The van der Waals surface area contributed by atoms with Gasteiger partial charge in [-0.25, -0.2) is 0 Å². The average Bonchev–Trinajstić information content (AvgIpc) is 3.11. The van der Waals surface area contributed by atoms with Gasteiger partial charge >= 0.3 is 0 Å². The van der Waals surface area contributed by atoms with Crippen LogP contribution in [0.25, 0.3) is 0 Å². The number of carbonyl (C=O) groups is 3. The van der Waals surface area contributed by atoms with Crippen LogP contribution in [0.1, 0.15) is 21.5 Å². The van der Waals surface area contributed by atoms with Crippen molar-refractivity contribution >= 4 is 39.6 Å². The van der Waals surface area contributed by atoms with E-state index in [2.05, 4.69) is 25.0 Å². The first-order chi connectivity index (χ1) is 16.5. The van der Waals surface area contributed by atoms with Crippen LogP contribution in [0.3, 0.4) is 0 Å². The first kappa shape index (κ1) is 26.7. The molecule has 1 heterocycles. The van der Waals surface area contributed by atoms with Crippen molar-refractivity contribution in [3.05, 3.63) is 59.2 Å². The van der Waals surface area contributed by atoms with E-state index in [0.29, 0.717) is 29.6 Å². The molecule has 10 heteroatoms. The lowest BCUT2D eigenvalue weighted by molar-refractivity contribution is -0.150. The minimum Gasteiger partial charge on any atom is -0.508 e. The molecule has 2 aromatic rings. The number of amides is 3. The number of ether oxygens (including phenoxy) is 1. The van der Waals surface area contributed by atoms with Crippen molar-refractivity contribution in [1.82, 2.24) is 15.1 Å². The quantitative estimate of drug-likeness (QED) is 0.213. The Morgan fingerprint density at radius 1 is 1.26 bits per heavy atom. The van der Waals surface area contributed by atoms with Gasteiger partial charge in [0.15, 0.2) is 0 Å². The number of hydrogen-bond donors (Lipinski definition) is 2. The second kappa shape index (κ2) is 10.8. The van der Waals surface area contributed by atoms with E-state index in [9.17, 15) is 19.5 Å². The number of aromatic hydroxyl groups is 1. The zero-order valence-corrected chi connectivity index (χ0v) is 21.7. The summed E-state index contributed by atoms with van der Waals surface area (Å²) in [6, 6.07) is 12.3. The van der Waals surface area contributed by atoms with Crippen LogP contribution in [0.15, 0.2) is 42.5 Å². The van der Waals surface area contributed by atoms with Gasteiger partial charge in [-0.3, -0.25) is 19.3 Å². The van der Waals surface area contributed by atoms with E-state index in [-0.39, 0.29) is 31.5 Å². The molecule has 0 saturated heterocycles. The molecular formula is C25H32BN3O5Si. The Morgan fingerprint density at radius 2 is 1.94 bits per heavy atom. The molecule has 0 fully saturated rings. The van der Waals surface area contributed by atoms with Gasteiger partial charge < -0.3 is 20.1 Å². The second-order valence-corrected chi connectivity index (χ2v) is 15.6. The lowest BCUT2D eigenvalue weighted by Crippen LogP contribution is -2.60. The number of phenolic OH excluding ortho intramolecular Hbond substituents is 1. The molecule has 184 valence electrons. The number of nitrogens with zero attached hydrogens (tertiary/aromatic N) is 2. The molecule has 1 aliphatic heterocycles. The fourth-order valence-corrected chi connectivity index (χ4v) is 4.82. The van der Waals surface area contributed by atoms with E-state index in [1.165, 1.54) is 17.0 Å². The molecule has 2 radical (unpaired) electrons. The number of rotatable bonds is 11. The van der Waals surface area contributed by atoms with Crippen LogP contribution < -0.4 is 10.8 Å². The highest BCUT2D eigenvalue weighted by atomic mass is 28.3. The summed E-state index contributed by atoms with van der Waals surface area (Å²) in [4.78, 5) is 41.5. The third-order valence-corrected chi connectivity index (χ3v) is 7.91. The lowest BCUT2D eigenvalue weighted by atomic mass is 9.85. The van der Waals surface area contributed by atoms with E-state index in [0.717, 1.165) is 16.5 Å². The number of phenols is 1. The summed E-state index contributed by atoms with van der Waals surface area (Å²) in [7, 11) is 6.15. The van der Waals surface area contributed by atoms with E-state index < -0.39 is 19.5 Å². The van der Waals surface area contributed by atoms with Crippen molar-refractivity contribution in [2.45, 2.75) is 37.8 Å². The zero-order chi connectivity index (χ0) is 25.8. The Hall–Kier alpha value is -2.95. The van der Waals surface area contributed by atoms with Gasteiger partial charge in [0.25, 0.3) is 11.8 Å². The summed E-state index contributed by atoms with van der Waals surface area (Å²) >= 11 is 0. The van der Waals surface area contributed by atoms with Crippen molar-refractivity contribution < 1.29 is 24.2 Å². The number of imide groups is 1. The predicted molar refractivity (Wildman–Crippen MR) is 137 cm³/mol. The fourth-order valence-electron chi connectivity index (χ4n) is 4.07. The molecule has 3 amide bonds. The molecule has 0 aromatic heterocycles. The maximum absolute atomic E-state index is 13.9. The average molecular weight is 493 g/mol. The first-order valence-corrected chi connectivity index (χ1v) is 15.2. The highest BCUT2D eigenvalue weighted by Crippen LogP contribution is 2.31. The molecule has 35 heavy (non-hydrogen) atoms. The number of hydrogen-bond acceptors (Lipinski definition) is 6. The largest absolute Gasteiger partial charge is 0.508 e. The molecule has 0 bridgehead atoms. The van der Waals surface area contributed by atoms with Gasteiger partial charge in [0.2, 0.25) is 6.41 Å². The number of carbonyl (C=O) groups excluding carboxylic acids is 3. The number of nitrogens with one attached hydrogen (secondary N) is 1. The fraction of sp³-hybridized carbons (Fsp3) is 0.400. The first-order valence-electron chi connectivity index (χ1n) is 11.5. The van der Waals surface area contributed by atoms with Crippen LogP contribution in [-0.4, -0.2) is 76.0 Å². The number of likely N-dealkylation sites (N-methyl/N-ethyl adjacent to an activating group) is 1. The smallest absolute Gasteiger partial charge is 0.257 e. The molecular weight excluding hydrogens is 461 g/mol. The summed E-state index contributed by atoms with van der Waals surface area (Å²) in [6.07, 6.45) is 0.457. The van der Waals surface area contributed by atoms with Gasteiger partial charge in [0, 0.05) is 26.8 Å². The highest BCUT2D eigenvalue weighted by molar-refractivity contribution is 6.76. The molecule has 1 aliphatic rings. The monoisotopic (exact) mass is 493 g/mol. The lowest BCUT2D eigenvalue weighted by Gasteiger charge is -2.38. The van der Waals surface area contributed by atoms with E-state index >= 15 is 0 Å². The molecule has 3 rings (SSSR count). The van der Waals surface area contributed by atoms with Crippen LogP contribution in [0, 0.1) is 0 Å². The van der Waals surface area contributed by atoms with Gasteiger partial charge in [0.1, 0.15) is 25.9 Å². The van der Waals surface area contributed by atoms with Crippen LogP contribution in [-0.2, 0) is 26.4 Å². The van der Waals surface area contributed by atoms with Crippen molar-refractivity contribution in [2.24, 2.45) is 0 Å². The Labute approximate surface area is 208 Å². The van der Waals surface area contributed by atoms with Crippen LogP contribution in [0.4, 0.5) is 0 Å². The summed E-state index contributed by atoms with van der Waals surface area (Å²) in [5.41, 5.74) is 0.787. The Morgan fingerprint density at radius 3 is 2.54 bits per heavy atom. The molecule has 1 atom stereocenters. The van der Waals surface area contributed by atoms with Crippen LogP contribution in [0.5, 0.6) is 5.75 Å². The van der Waals surface area contributed by atoms with Gasteiger partial charge in [0.05, 0.1) is 6.54 Å². The number of fused-ring (bicyclic) bond motifs is 1. The summed E-state index contributed by atoms with van der Waals surface area (Å²) in [5.74, 6) is -0.849. The van der Waals surface area contributed by atoms with Crippen LogP contribution >= 0.6 is 0 Å². The van der Waals surface area contributed by atoms with Gasteiger partial charge in [-0.2, -0.15) is 0 Å². The van der Waals surface area contributed by atoms with Crippen LogP contribution in [0.2, 0.25) is 25.7 Å². The van der Waals surface area contributed by atoms with Crippen molar-refractivity contribution in [2.75, 3.05) is 26.9 Å². The molecule has 0 saturated carbocycles. The summed E-state index contributed by atoms with van der Waals surface area (Å²) < 4.78 is 5.69.